The Morgan fingerprint density at radius 3 is 2.57 bits per heavy atom. The predicted octanol–water partition coefficient (Wildman–Crippen LogP) is 2.56. The van der Waals surface area contributed by atoms with E-state index in [-0.39, 0.29) is 12.3 Å². The zero-order chi connectivity index (χ0) is 16.7. The highest BCUT2D eigenvalue weighted by molar-refractivity contribution is 7.18. The molecule has 0 radical (unpaired) electrons. The van der Waals surface area contributed by atoms with Crippen molar-refractivity contribution >= 4 is 27.3 Å². The van der Waals surface area contributed by atoms with Gasteiger partial charge >= 0.3 is 5.69 Å². The van der Waals surface area contributed by atoms with Gasteiger partial charge in [0.25, 0.3) is 5.56 Å². The Morgan fingerprint density at radius 2 is 1.87 bits per heavy atom. The summed E-state index contributed by atoms with van der Waals surface area (Å²) in [6, 6.07) is 7.09. The van der Waals surface area contributed by atoms with Crippen LogP contribution in [0.25, 0.3) is 10.2 Å². The molecule has 0 fully saturated rings. The summed E-state index contributed by atoms with van der Waals surface area (Å²) in [5.74, 6) is -0.257. The van der Waals surface area contributed by atoms with Crippen LogP contribution in [0.2, 0.25) is 0 Å². The number of aromatic nitrogens is 2. The molecule has 0 spiro atoms. The van der Waals surface area contributed by atoms with Gasteiger partial charge in [-0.1, -0.05) is 12.1 Å². The number of ketones is 1. The number of hydrogen-bond acceptors (Lipinski definition) is 4. The SMILES string of the molecule is Cc1cc2c(=O)n(CC(=O)c3ccc(C)c(C)c3)c(=O)[nH]c2s1. The Morgan fingerprint density at radius 1 is 1.13 bits per heavy atom. The van der Waals surface area contributed by atoms with E-state index in [1.54, 1.807) is 18.2 Å². The van der Waals surface area contributed by atoms with Crippen molar-refractivity contribution in [3.05, 3.63) is 66.7 Å². The average molecular weight is 328 g/mol. The van der Waals surface area contributed by atoms with Gasteiger partial charge in [0.15, 0.2) is 5.78 Å². The largest absolute Gasteiger partial charge is 0.329 e. The second-order valence-electron chi connectivity index (χ2n) is 5.64. The van der Waals surface area contributed by atoms with Gasteiger partial charge in [0, 0.05) is 10.4 Å². The number of carbonyl (C=O) groups excluding carboxylic acids is 1. The molecule has 0 saturated heterocycles. The summed E-state index contributed by atoms with van der Waals surface area (Å²) in [4.78, 5) is 41.1. The first-order valence-corrected chi connectivity index (χ1v) is 8.02. The molecule has 1 N–H and O–H groups in total. The van der Waals surface area contributed by atoms with Crippen LogP contribution in [0.1, 0.15) is 26.4 Å². The van der Waals surface area contributed by atoms with Crippen LogP contribution in [-0.2, 0) is 6.54 Å². The molecule has 3 aromatic rings. The highest BCUT2D eigenvalue weighted by Crippen LogP contribution is 2.18. The highest BCUT2D eigenvalue weighted by atomic mass is 32.1. The summed E-state index contributed by atoms with van der Waals surface area (Å²) in [5.41, 5.74) is 1.61. The molecular formula is C17H16N2O3S. The Labute approximate surface area is 136 Å². The lowest BCUT2D eigenvalue weighted by Gasteiger charge is -2.06. The molecule has 0 aliphatic heterocycles. The first kappa shape index (κ1) is 15.4. The molecule has 23 heavy (non-hydrogen) atoms. The van der Waals surface area contributed by atoms with E-state index in [1.807, 2.05) is 26.8 Å². The predicted molar refractivity (Wildman–Crippen MR) is 91.7 cm³/mol. The number of fused-ring (bicyclic) bond motifs is 1. The molecule has 0 amide bonds. The lowest BCUT2D eigenvalue weighted by Crippen LogP contribution is -2.36. The van der Waals surface area contributed by atoms with E-state index in [0.29, 0.717) is 15.8 Å². The summed E-state index contributed by atoms with van der Waals surface area (Å²) in [7, 11) is 0. The Balaban J connectivity index is 2.04. The molecule has 3 rings (SSSR count). The van der Waals surface area contributed by atoms with Crippen LogP contribution in [-0.4, -0.2) is 15.3 Å². The maximum Gasteiger partial charge on any atom is 0.329 e. The monoisotopic (exact) mass is 328 g/mol. The number of aromatic amines is 1. The summed E-state index contributed by atoms with van der Waals surface area (Å²) in [6.07, 6.45) is 0. The van der Waals surface area contributed by atoms with Gasteiger partial charge in [0.05, 0.1) is 11.9 Å². The molecule has 0 saturated carbocycles. The van der Waals surface area contributed by atoms with Crippen LogP contribution < -0.4 is 11.2 Å². The fourth-order valence-electron chi connectivity index (χ4n) is 2.46. The third-order valence-corrected chi connectivity index (χ3v) is 4.89. The van der Waals surface area contributed by atoms with Crippen molar-refractivity contribution in [2.24, 2.45) is 0 Å². The quantitative estimate of drug-likeness (QED) is 0.751. The topological polar surface area (TPSA) is 71.9 Å². The third-order valence-electron chi connectivity index (χ3n) is 3.93. The molecule has 0 atom stereocenters. The van der Waals surface area contributed by atoms with E-state index in [2.05, 4.69) is 4.98 Å². The van der Waals surface area contributed by atoms with E-state index in [0.717, 1.165) is 20.6 Å². The number of aryl methyl sites for hydroxylation is 3. The van der Waals surface area contributed by atoms with Crippen molar-refractivity contribution < 1.29 is 4.79 Å². The van der Waals surface area contributed by atoms with Crippen molar-refractivity contribution in [2.75, 3.05) is 0 Å². The molecule has 5 nitrogen and oxygen atoms in total. The molecule has 0 unspecified atom stereocenters. The van der Waals surface area contributed by atoms with Crippen LogP contribution in [0, 0.1) is 20.8 Å². The number of nitrogens with one attached hydrogen (secondary N) is 1. The smallest absolute Gasteiger partial charge is 0.298 e. The fourth-order valence-corrected chi connectivity index (χ4v) is 3.35. The Hall–Kier alpha value is -2.47. The standard InChI is InChI=1S/C17H16N2O3S/c1-9-4-5-12(6-10(9)2)14(20)8-19-16(21)13-7-11(3)23-15(13)18-17(19)22/h4-7H,8H2,1-3H3,(H,18,22). The molecule has 0 bridgehead atoms. The minimum Gasteiger partial charge on any atom is -0.298 e. The Kier molecular flexibility index (Phi) is 3.77. The van der Waals surface area contributed by atoms with E-state index in [4.69, 9.17) is 0 Å². The van der Waals surface area contributed by atoms with Crippen LogP contribution >= 0.6 is 11.3 Å². The van der Waals surface area contributed by atoms with Crippen LogP contribution in [0.4, 0.5) is 0 Å². The van der Waals surface area contributed by atoms with Crippen LogP contribution in [0.5, 0.6) is 0 Å². The van der Waals surface area contributed by atoms with Crippen molar-refractivity contribution in [3.8, 4) is 0 Å². The fraction of sp³-hybridized carbons (Fsp3) is 0.235. The van der Waals surface area contributed by atoms with Gasteiger partial charge in [-0.05, 0) is 44.0 Å². The summed E-state index contributed by atoms with van der Waals surface area (Å²) < 4.78 is 0.964. The van der Waals surface area contributed by atoms with E-state index in [1.165, 1.54) is 11.3 Å². The summed E-state index contributed by atoms with van der Waals surface area (Å²) >= 11 is 1.35. The first-order chi connectivity index (χ1) is 10.9. The molecule has 1 aromatic carbocycles. The molecule has 118 valence electrons. The normalized spacial score (nSPS) is 11.1. The number of thiophene rings is 1. The minimum absolute atomic E-state index is 0.257. The van der Waals surface area contributed by atoms with Gasteiger partial charge in [-0.25, -0.2) is 4.79 Å². The number of H-pyrrole nitrogens is 1. The molecule has 0 aliphatic rings. The molecule has 0 aliphatic carbocycles. The van der Waals surface area contributed by atoms with Crippen molar-refractivity contribution in [2.45, 2.75) is 27.3 Å². The summed E-state index contributed by atoms with van der Waals surface area (Å²) in [5, 5.41) is 0.444. The van der Waals surface area contributed by atoms with Crippen molar-refractivity contribution in [1.29, 1.82) is 0 Å². The third kappa shape index (κ3) is 2.77. The lowest BCUT2D eigenvalue weighted by atomic mass is 10.0. The zero-order valence-electron chi connectivity index (χ0n) is 13.1. The summed E-state index contributed by atoms with van der Waals surface area (Å²) in [6.45, 7) is 5.49. The number of rotatable bonds is 3. The number of benzene rings is 1. The maximum atomic E-state index is 12.4. The van der Waals surface area contributed by atoms with Crippen LogP contribution in [0.15, 0.2) is 33.9 Å². The number of hydrogen-bond donors (Lipinski definition) is 1. The van der Waals surface area contributed by atoms with Gasteiger partial charge in [0.1, 0.15) is 4.83 Å². The van der Waals surface area contributed by atoms with Gasteiger partial charge in [0.2, 0.25) is 0 Å². The average Bonchev–Trinajstić information content (AvgIpc) is 2.86. The van der Waals surface area contributed by atoms with Crippen LogP contribution in [0.3, 0.4) is 0 Å². The van der Waals surface area contributed by atoms with E-state index in [9.17, 15) is 14.4 Å². The molecular weight excluding hydrogens is 312 g/mol. The van der Waals surface area contributed by atoms with E-state index >= 15 is 0 Å². The second-order valence-corrected chi connectivity index (χ2v) is 6.90. The molecule has 2 heterocycles. The lowest BCUT2D eigenvalue weighted by molar-refractivity contribution is 0.0969. The van der Waals surface area contributed by atoms with Gasteiger partial charge in [-0.2, -0.15) is 0 Å². The van der Waals surface area contributed by atoms with E-state index < -0.39 is 11.2 Å². The molecule has 6 heteroatoms. The van der Waals surface area contributed by atoms with Gasteiger partial charge in [-0.15, -0.1) is 11.3 Å². The molecule has 2 aromatic heterocycles. The number of carbonyl (C=O) groups is 1. The number of Topliss-reactive ketones (excluding diaryl/α,β-unsaturated/α-hetero) is 1. The highest BCUT2D eigenvalue weighted by Gasteiger charge is 2.14. The zero-order valence-corrected chi connectivity index (χ0v) is 13.9. The number of nitrogens with zero attached hydrogens (tertiary/aromatic N) is 1. The van der Waals surface area contributed by atoms with Crippen molar-refractivity contribution in [1.82, 2.24) is 9.55 Å². The maximum absolute atomic E-state index is 12.4. The minimum atomic E-state index is -0.554. The van der Waals surface area contributed by atoms with Gasteiger partial charge in [-0.3, -0.25) is 19.1 Å². The van der Waals surface area contributed by atoms with Gasteiger partial charge < -0.3 is 0 Å². The Bertz CT molecular complexity index is 1040. The van der Waals surface area contributed by atoms with Crippen molar-refractivity contribution in [3.63, 3.8) is 0 Å². The second kappa shape index (κ2) is 5.62. The first-order valence-electron chi connectivity index (χ1n) is 7.20.